The van der Waals surface area contributed by atoms with E-state index in [1.807, 2.05) is 25.7 Å². The van der Waals surface area contributed by atoms with E-state index in [-0.39, 0.29) is 6.09 Å². The third-order valence-electron chi connectivity index (χ3n) is 5.33. The first-order chi connectivity index (χ1) is 11.7. The number of likely N-dealkylation sites (tertiary alicyclic amines) is 1. The molecule has 2 N–H and O–H groups in total. The fourth-order valence-electron chi connectivity index (χ4n) is 3.88. The molecule has 0 radical (unpaired) electrons. The number of ether oxygens (including phenoxy) is 1. The molecule has 2 aliphatic rings. The molecule has 5 heteroatoms. The summed E-state index contributed by atoms with van der Waals surface area (Å²) in [4.78, 5) is 16.6. The van der Waals surface area contributed by atoms with E-state index in [1.165, 1.54) is 16.7 Å². The van der Waals surface area contributed by atoms with E-state index >= 15 is 0 Å². The Hall–Kier alpha value is -1.75. The molecule has 1 saturated heterocycles. The molecule has 0 aromatic heterocycles. The third kappa shape index (κ3) is 4.09. The lowest BCUT2D eigenvalue weighted by Crippen LogP contribution is -2.49. The Morgan fingerprint density at radius 3 is 2.52 bits per heavy atom. The Kier molecular flexibility index (Phi) is 4.96. The van der Waals surface area contributed by atoms with Crippen LogP contribution in [0, 0.1) is 6.92 Å². The molecule has 138 valence electrons. The zero-order valence-corrected chi connectivity index (χ0v) is 16.0. The number of nitrogen functional groups attached to an aromatic ring is 1. The molecular weight excluding hydrogens is 314 g/mol. The SMILES string of the molecule is Cc1ccc2c(c1N)CCN(C1CCN(C(=O)OC(C)(C)C)CC1)C2. The van der Waals surface area contributed by atoms with E-state index in [2.05, 4.69) is 24.0 Å². The van der Waals surface area contributed by atoms with Gasteiger partial charge in [-0.3, -0.25) is 4.90 Å². The van der Waals surface area contributed by atoms with Gasteiger partial charge in [0.25, 0.3) is 0 Å². The van der Waals surface area contributed by atoms with Gasteiger partial charge in [0.15, 0.2) is 0 Å². The number of fused-ring (bicyclic) bond motifs is 1. The molecule has 1 aromatic carbocycles. The Balaban J connectivity index is 1.57. The fourth-order valence-corrected chi connectivity index (χ4v) is 3.88. The highest BCUT2D eigenvalue weighted by molar-refractivity contribution is 5.68. The second kappa shape index (κ2) is 6.87. The minimum Gasteiger partial charge on any atom is -0.444 e. The van der Waals surface area contributed by atoms with Crippen molar-refractivity contribution in [3.8, 4) is 0 Å². The number of anilines is 1. The van der Waals surface area contributed by atoms with Crippen molar-refractivity contribution in [1.82, 2.24) is 9.80 Å². The minimum atomic E-state index is -0.428. The molecule has 2 aliphatic heterocycles. The summed E-state index contributed by atoms with van der Waals surface area (Å²) in [6.45, 7) is 11.4. The van der Waals surface area contributed by atoms with E-state index < -0.39 is 5.60 Å². The number of hydrogen-bond acceptors (Lipinski definition) is 4. The zero-order valence-electron chi connectivity index (χ0n) is 16.0. The van der Waals surface area contributed by atoms with Gasteiger partial charge in [0, 0.05) is 37.9 Å². The smallest absolute Gasteiger partial charge is 0.410 e. The topological polar surface area (TPSA) is 58.8 Å². The lowest BCUT2D eigenvalue weighted by Gasteiger charge is -2.41. The first kappa shape index (κ1) is 18.1. The Labute approximate surface area is 151 Å². The predicted octanol–water partition coefficient (Wildman–Crippen LogP) is 3.33. The summed E-state index contributed by atoms with van der Waals surface area (Å²) in [5, 5.41) is 0. The number of benzene rings is 1. The molecule has 0 spiro atoms. The van der Waals surface area contributed by atoms with Crippen LogP contribution in [0.1, 0.15) is 50.3 Å². The number of rotatable bonds is 1. The number of amides is 1. The van der Waals surface area contributed by atoms with Gasteiger partial charge >= 0.3 is 6.09 Å². The van der Waals surface area contributed by atoms with E-state index in [1.54, 1.807) is 0 Å². The third-order valence-corrected chi connectivity index (χ3v) is 5.33. The van der Waals surface area contributed by atoms with Gasteiger partial charge in [-0.1, -0.05) is 12.1 Å². The molecule has 25 heavy (non-hydrogen) atoms. The summed E-state index contributed by atoms with van der Waals surface area (Å²) in [5.41, 5.74) is 10.7. The van der Waals surface area contributed by atoms with Crippen molar-refractivity contribution >= 4 is 11.8 Å². The number of piperidine rings is 1. The number of nitrogens with two attached hydrogens (primary N) is 1. The summed E-state index contributed by atoms with van der Waals surface area (Å²) < 4.78 is 5.49. The highest BCUT2D eigenvalue weighted by Gasteiger charge is 2.31. The summed E-state index contributed by atoms with van der Waals surface area (Å²) in [5.74, 6) is 0. The standard InChI is InChI=1S/C20H31N3O2/c1-14-5-6-15-13-23(12-9-17(15)18(14)21)16-7-10-22(11-8-16)19(24)25-20(2,3)4/h5-6,16H,7-13,21H2,1-4H3. The van der Waals surface area contributed by atoms with Crippen LogP contribution >= 0.6 is 0 Å². The van der Waals surface area contributed by atoms with Crippen LogP contribution in [0.5, 0.6) is 0 Å². The van der Waals surface area contributed by atoms with Crippen molar-refractivity contribution in [3.63, 3.8) is 0 Å². The van der Waals surface area contributed by atoms with E-state index in [4.69, 9.17) is 10.5 Å². The molecule has 1 fully saturated rings. The maximum absolute atomic E-state index is 12.2. The monoisotopic (exact) mass is 345 g/mol. The predicted molar refractivity (Wildman–Crippen MR) is 101 cm³/mol. The van der Waals surface area contributed by atoms with Crippen molar-refractivity contribution < 1.29 is 9.53 Å². The average Bonchev–Trinajstić information content (AvgIpc) is 2.56. The van der Waals surface area contributed by atoms with Gasteiger partial charge < -0.3 is 15.4 Å². The van der Waals surface area contributed by atoms with E-state index in [0.717, 1.165) is 51.1 Å². The van der Waals surface area contributed by atoms with Crippen LogP contribution < -0.4 is 5.73 Å². The number of nitrogens with zero attached hydrogens (tertiary/aromatic N) is 2. The molecule has 0 aliphatic carbocycles. The molecule has 2 heterocycles. The Morgan fingerprint density at radius 2 is 1.88 bits per heavy atom. The number of hydrogen-bond donors (Lipinski definition) is 1. The summed E-state index contributed by atoms with van der Waals surface area (Å²) >= 11 is 0. The van der Waals surface area contributed by atoms with Gasteiger partial charge in [0.1, 0.15) is 5.60 Å². The molecule has 0 saturated carbocycles. The van der Waals surface area contributed by atoms with E-state index in [0.29, 0.717) is 6.04 Å². The van der Waals surface area contributed by atoms with Crippen LogP contribution in [-0.4, -0.2) is 47.2 Å². The van der Waals surface area contributed by atoms with Gasteiger partial charge in [-0.2, -0.15) is 0 Å². The molecule has 0 unspecified atom stereocenters. The molecular formula is C20H31N3O2. The first-order valence-electron chi connectivity index (χ1n) is 9.33. The lowest BCUT2D eigenvalue weighted by atomic mass is 9.93. The molecule has 0 atom stereocenters. The summed E-state index contributed by atoms with van der Waals surface area (Å²) in [6, 6.07) is 4.89. The molecule has 3 rings (SSSR count). The first-order valence-corrected chi connectivity index (χ1v) is 9.33. The van der Waals surface area contributed by atoms with Crippen LogP contribution in [0.3, 0.4) is 0 Å². The highest BCUT2D eigenvalue weighted by Crippen LogP contribution is 2.30. The number of carbonyl (C=O) groups is 1. The quantitative estimate of drug-likeness (QED) is 0.793. The summed E-state index contributed by atoms with van der Waals surface area (Å²) in [6.07, 6.45) is 2.86. The van der Waals surface area contributed by atoms with Gasteiger partial charge in [-0.15, -0.1) is 0 Å². The lowest BCUT2D eigenvalue weighted by molar-refractivity contribution is 0.0134. The van der Waals surface area contributed by atoms with Crippen molar-refractivity contribution in [2.75, 3.05) is 25.4 Å². The van der Waals surface area contributed by atoms with Crippen LogP contribution in [-0.2, 0) is 17.7 Å². The maximum Gasteiger partial charge on any atom is 0.410 e. The van der Waals surface area contributed by atoms with Crippen LogP contribution in [0.2, 0.25) is 0 Å². The normalized spacial score (nSPS) is 19.6. The summed E-state index contributed by atoms with van der Waals surface area (Å²) in [7, 11) is 0. The largest absolute Gasteiger partial charge is 0.444 e. The maximum atomic E-state index is 12.2. The molecule has 1 aromatic rings. The van der Waals surface area contributed by atoms with Crippen molar-refractivity contribution in [1.29, 1.82) is 0 Å². The zero-order chi connectivity index (χ0) is 18.2. The molecule has 1 amide bonds. The Morgan fingerprint density at radius 1 is 1.20 bits per heavy atom. The fraction of sp³-hybridized carbons (Fsp3) is 0.650. The molecule has 5 nitrogen and oxygen atoms in total. The van der Waals surface area contributed by atoms with Crippen molar-refractivity contribution in [3.05, 3.63) is 28.8 Å². The van der Waals surface area contributed by atoms with Crippen LogP contribution in [0.15, 0.2) is 12.1 Å². The van der Waals surface area contributed by atoms with Gasteiger partial charge in [0.05, 0.1) is 0 Å². The second-order valence-corrected chi connectivity index (χ2v) is 8.35. The van der Waals surface area contributed by atoms with Gasteiger partial charge in [0.2, 0.25) is 0 Å². The molecule has 0 bridgehead atoms. The minimum absolute atomic E-state index is 0.182. The van der Waals surface area contributed by atoms with Crippen LogP contribution in [0.25, 0.3) is 0 Å². The van der Waals surface area contributed by atoms with Crippen LogP contribution in [0.4, 0.5) is 10.5 Å². The van der Waals surface area contributed by atoms with Gasteiger partial charge in [-0.05, 0) is 63.6 Å². The van der Waals surface area contributed by atoms with Crippen molar-refractivity contribution in [2.24, 2.45) is 0 Å². The number of aryl methyl sites for hydroxylation is 1. The second-order valence-electron chi connectivity index (χ2n) is 8.35. The average molecular weight is 345 g/mol. The Bertz CT molecular complexity index is 643. The van der Waals surface area contributed by atoms with Gasteiger partial charge in [-0.25, -0.2) is 4.79 Å². The highest BCUT2D eigenvalue weighted by atomic mass is 16.6. The van der Waals surface area contributed by atoms with Crippen molar-refractivity contribution in [2.45, 2.75) is 65.1 Å². The number of carbonyl (C=O) groups excluding carboxylic acids is 1. The van der Waals surface area contributed by atoms with E-state index in [9.17, 15) is 4.79 Å².